The molecule has 0 aromatic rings. The molecule has 2 aliphatic rings. The Kier molecular flexibility index (Phi) is 5.31. The Bertz CT molecular complexity index is 356. The second-order valence-corrected chi connectivity index (χ2v) is 7.77. The molecule has 0 heterocycles. The van der Waals surface area contributed by atoms with Crippen LogP contribution in [0.3, 0.4) is 0 Å². The number of amides is 1. The van der Waals surface area contributed by atoms with Crippen molar-refractivity contribution in [1.29, 1.82) is 0 Å². The molecule has 1 amide bonds. The Labute approximate surface area is 129 Å². The van der Waals surface area contributed by atoms with Crippen molar-refractivity contribution in [3.63, 3.8) is 0 Å². The van der Waals surface area contributed by atoms with Gasteiger partial charge in [-0.2, -0.15) is 0 Å². The van der Waals surface area contributed by atoms with E-state index in [0.29, 0.717) is 17.9 Å². The van der Waals surface area contributed by atoms with Gasteiger partial charge in [-0.3, -0.25) is 4.79 Å². The highest BCUT2D eigenvalue weighted by Crippen LogP contribution is 2.41. The number of rotatable bonds is 5. The van der Waals surface area contributed by atoms with E-state index < -0.39 is 0 Å². The minimum Gasteiger partial charge on any atom is -0.379 e. The lowest BCUT2D eigenvalue weighted by molar-refractivity contribution is -0.129. The molecule has 2 aliphatic carbocycles. The van der Waals surface area contributed by atoms with E-state index in [1.807, 2.05) is 0 Å². The van der Waals surface area contributed by atoms with Gasteiger partial charge in [-0.1, -0.05) is 6.42 Å². The highest BCUT2D eigenvalue weighted by atomic mass is 16.5. The van der Waals surface area contributed by atoms with Gasteiger partial charge in [-0.25, -0.2) is 0 Å². The summed E-state index contributed by atoms with van der Waals surface area (Å²) in [5.41, 5.74) is 6.10. The van der Waals surface area contributed by atoms with Crippen LogP contribution in [0.15, 0.2) is 0 Å². The van der Waals surface area contributed by atoms with Gasteiger partial charge in [0.2, 0.25) is 5.91 Å². The quantitative estimate of drug-likeness (QED) is 0.819. The summed E-state index contributed by atoms with van der Waals surface area (Å²) >= 11 is 0. The van der Waals surface area contributed by atoms with Crippen LogP contribution >= 0.6 is 0 Å². The molecule has 4 heteroatoms. The Morgan fingerprint density at radius 1 is 1.33 bits per heavy atom. The normalized spacial score (nSPS) is 34.3. The van der Waals surface area contributed by atoms with E-state index in [1.54, 1.807) is 7.11 Å². The van der Waals surface area contributed by atoms with Crippen molar-refractivity contribution < 1.29 is 9.53 Å². The van der Waals surface area contributed by atoms with E-state index in [0.717, 1.165) is 19.3 Å². The van der Waals surface area contributed by atoms with Gasteiger partial charge in [0.1, 0.15) is 0 Å². The second kappa shape index (κ2) is 6.66. The lowest BCUT2D eigenvalue weighted by Gasteiger charge is -2.43. The monoisotopic (exact) mass is 296 g/mol. The number of methoxy groups -OCH3 is 1. The predicted octanol–water partition coefficient (Wildman–Crippen LogP) is 2.46. The smallest absolute Gasteiger partial charge is 0.223 e. The molecule has 4 nitrogen and oxygen atoms in total. The molecule has 2 saturated carbocycles. The molecule has 0 aliphatic heterocycles. The molecule has 2 rings (SSSR count). The van der Waals surface area contributed by atoms with Crippen LogP contribution in [-0.4, -0.2) is 30.7 Å². The van der Waals surface area contributed by atoms with E-state index in [9.17, 15) is 4.79 Å². The molecule has 0 aromatic heterocycles. The van der Waals surface area contributed by atoms with E-state index in [2.05, 4.69) is 26.1 Å². The van der Waals surface area contributed by atoms with E-state index in [-0.39, 0.29) is 23.5 Å². The highest BCUT2D eigenvalue weighted by Gasteiger charge is 2.40. The maximum atomic E-state index is 12.5. The van der Waals surface area contributed by atoms with E-state index in [1.165, 1.54) is 19.3 Å². The largest absolute Gasteiger partial charge is 0.379 e. The molecule has 0 radical (unpaired) electrons. The van der Waals surface area contributed by atoms with Crippen LogP contribution in [0, 0.1) is 17.8 Å². The van der Waals surface area contributed by atoms with Crippen molar-refractivity contribution in [2.24, 2.45) is 23.5 Å². The molecule has 3 N–H and O–H groups in total. The SMILES string of the molecule is COC(C)(C)CC(C)NC(=O)C1CC2CCCC(C1)C2N. The Morgan fingerprint density at radius 3 is 2.43 bits per heavy atom. The summed E-state index contributed by atoms with van der Waals surface area (Å²) in [4.78, 5) is 12.5. The van der Waals surface area contributed by atoms with Crippen molar-refractivity contribution in [1.82, 2.24) is 5.32 Å². The number of nitrogens with two attached hydrogens (primary N) is 1. The van der Waals surface area contributed by atoms with Crippen LogP contribution < -0.4 is 11.1 Å². The van der Waals surface area contributed by atoms with Gasteiger partial charge < -0.3 is 15.8 Å². The molecule has 0 spiro atoms. The number of nitrogens with one attached hydrogen (secondary N) is 1. The molecular weight excluding hydrogens is 264 g/mol. The molecule has 2 bridgehead atoms. The van der Waals surface area contributed by atoms with Crippen LogP contribution in [0.1, 0.15) is 59.3 Å². The fourth-order valence-electron chi connectivity index (χ4n) is 4.24. The lowest BCUT2D eigenvalue weighted by atomic mass is 9.65. The van der Waals surface area contributed by atoms with Crippen LogP contribution in [0.2, 0.25) is 0 Å². The third-order valence-electron chi connectivity index (χ3n) is 5.52. The molecule has 21 heavy (non-hydrogen) atoms. The number of carbonyl (C=O) groups is 1. The summed E-state index contributed by atoms with van der Waals surface area (Å²) in [6.07, 6.45) is 6.47. The third-order valence-corrected chi connectivity index (χ3v) is 5.52. The summed E-state index contributed by atoms with van der Waals surface area (Å²) in [7, 11) is 1.72. The summed E-state index contributed by atoms with van der Waals surface area (Å²) in [6, 6.07) is 0.468. The maximum absolute atomic E-state index is 12.5. The van der Waals surface area contributed by atoms with Gasteiger partial charge in [0.25, 0.3) is 0 Å². The van der Waals surface area contributed by atoms with Gasteiger partial charge >= 0.3 is 0 Å². The fourth-order valence-corrected chi connectivity index (χ4v) is 4.24. The molecule has 2 fully saturated rings. The zero-order valence-electron chi connectivity index (χ0n) is 14.0. The fraction of sp³-hybridized carbons (Fsp3) is 0.941. The van der Waals surface area contributed by atoms with Gasteiger partial charge in [-0.15, -0.1) is 0 Å². The Hall–Kier alpha value is -0.610. The maximum Gasteiger partial charge on any atom is 0.223 e. The van der Waals surface area contributed by atoms with Gasteiger partial charge in [0, 0.05) is 25.1 Å². The first-order valence-electron chi connectivity index (χ1n) is 8.43. The van der Waals surface area contributed by atoms with Crippen LogP contribution in [0.25, 0.3) is 0 Å². The molecule has 3 atom stereocenters. The predicted molar refractivity (Wildman–Crippen MR) is 84.8 cm³/mol. The summed E-state index contributed by atoms with van der Waals surface area (Å²) in [6.45, 7) is 6.17. The topological polar surface area (TPSA) is 64.3 Å². The summed E-state index contributed by atoms with van der Waals surface area (Å²) < 4.78 is 5.44. The zero-order chi connectivity index (χ0) is 15.6. The summed E-state index contributed by atoms with van der Waals surface area (Å²) in [5.74, 6) is 1.49. The third kappa shape index (κ3) is 4.19. The van der Waals surface area contributed by atoms with Crippen molar-refractivity contribution >= 4 is 5.91 Å². The molecular formula is C17H32N2O2. The lowest BCUT2D eigenvalue weighted by Crippen LogP contribution is -2.50. The van der Waals surface area contributed by atoms with Crippen molar-refractivity contribution in [2.45, 2.75) is 77.0 Å². The first-order chi connectivity index (χ1) is 9.82. The average Bonchev–Trinajstić information content (AvgIpc) is 2.37. The number of hydrogen-bond acceptors (Lipinski definition) is 3. The van der Waals surface area contributed by atoms with E-state index >= 15 is 0 Å². The Morgan fingerprint density at radius 2 is 1.90 bits per heavy atom. The van der Waals surface area contributed by atoms with Crippen LogP contribution in [-0.2, 0) is 9.53 Å². The number of fused-ring (bicyclic) bond motifs is 2. The number of hydrogen-bond donors (Lipinski definition) is 2. The van der Waals surface area contributed by atoms with Crippen LogP contribution in [0.4, 0.5) is 0 Å². The van der Waals surface area contributed by atoms with Gasteiger partial charge in [0.05, 0.1) is 5.60 Å². The van der Waals surface area contributed by atoms with Gasteiger partial charge in [-0.05, 0) is 64.7 Å². The zero-order valence-corrected chi connectivity index (χ0v) is 14.0. The average molecular weight is 296 g/mol. The molecule has 3 unspecified atom stereocenters. The van der Waals surface area contributed by atoms with Gasteiger partial charge in [0.15, 0.2) is 0 Å². The van der Waals surface area contributed by atoms with Crippen molar-refractivity contribution in [2.75, 3.05) is 7.11 Å². The number of ether oxygens (including phenoxy) is 1. The second-order valence-electron chi connectivity index (χ2n) is 7.77. The molecule has 122 valence electrons. The van der Waals surface area contributed by atoms with E-state index in [4.69, 9.17) is 10.5 Å². The van der Waals surface area contributed by atoms with Crippen molar-refractivity contribution in [3.05, 3.63) is 0 Å². The molecule has 0 aromatic carbocycles. The summed E-state index contributed by atoms with van der Waals surface area (Å²) in [5, 5.41) is 3.18. The minimum absolute atomic E-state index is 0.142. The first-order valence-corrected chi connectivity index (χ1v) is 8.43. The standard InChI is InChI=1S/C17H32N2O2/c1-11(10-17(2,3)21-4)19-16(20)14-8-12-6-5-7-13(9-14)15(12)18/h11-15H,5-10,18H2,1-4H3,(H,19,20). The minimum atomic E-state index is -0.196. The number of carbonyl (C=O) groups excluding carboxylic acids is 1. The first kappa shape index (κ1) is 16.8. The Balaban J connectivity index is 1.86. The molecule has 0 saturated heterocycles. The van der Waals surface area contributed by atoms with Crippen molar-refractivity contribution in [3.8, 4) is 0 Å². The highest BCUT2D eigenvalue weighted by molar-refractivity contribution is 5.79. The van der Waals surface area contributed by atoms with Crippen LogP contribution in [0.5, 0.6) is 0 Å².